The second-order valence-electron chi connectivity index (χ2n) is 4.41. The molecule has 0 aliphatic carbocycles. The van der Waals surface area contributed by atoms with Crippen molar-refractivity contribution in [3.8, 4) is 0 Å². The third-order valence-corrected chi connectivity index (χ3v) is 3.22. The predicted octanol–water partition coefficient (Wildman–Crippen LogP) is 6.04. The molecule has 0 aliphatic rings. The lowest BCUT2D eigenvalue weighted by Gasteiger charge is -2.15. The number of unbranched alkanes of at least 4 members (excludes halogenated alkanes) is 1. The first-order valence-electron chi connectivity index (χ1n) is 7.15. The summed E-state index contributed by atoms with van der Waals surface area (Å²) in [6.07, 6.45) is 11.1. The smallest absolute Gasteiger partial charge is 0.0282 e. The van der Waals surface area contributed by atoms with Crippen molar-refractivity contribution < 1.29 is 0 Å². The van der Waals surface area contributed by atoms with Gasteiger partial charge in [-0.15, -0.1) is 0 Å². The van der Waals surface area contributed by atoms with Gasteiger partial charge >= 0.3 is 0 Å². The lowest BCUT2D eigenvalue weighted by atomic mass is 9.91. The summed E-state index contributed by atoms with van der Waals surface area (Å²) >= 11 is 0. The zero-order valence-corrected chi connectivity index (χ0v) is 12.0. The Kier molecular flexibility index (Phi) is 9.37. The molecule has 16 heavy (non-hydrogen) atoms. The van der Waals surface area contributed by atoms with Crippen molar-refractivity contribution in [3.05, 3.63) is 22.8 Å². The highest BCUT2D eigenvalue weighted by Gasteiger charge is 2.07. The minimum atomic E-state index is 1.20. The molecule has 0 radical (unpaired) electrons. The van der Waals surface area contributed by atoms with Crippen LogP contribution in [0.2, 0.25) is 0 Å². The van der Waals surface area contributed by atoms with Gasteiger partial charge in [0.25, 0.3) is 0 Å². The first kappa shape index (κ1) is 15.5. The number of rotatable bonds is 8. The molecule has 0 aromatic heterocycles. The van der Waals surface area contributed by atoms with E-state index in [2.05, 4.69) is 40.7 Å². The normalized spacial score (nSPS) is 11.7. The second-order valence-corrected chi connectivity index (χ2v) is 4.41. The first-order chi connectivity index (χ1) is 7.74. The van der Waals surface area contributed by atoms with E-state index in [9.17, 15) is 0 Å². The van der Waals surface area contributed by atoms with Gasteiger partial charge in [0.05, 0.1) is 0 Å². The second kappa shape index (κ2) is 9.69. The molecule has 0 aromatic carbocycles. The number of allylic oxidation sites excluding steroid dienone is 4. The molecule has 0 heteroatoms. The van der Waals surface area contributed by atoms with Crippen molar-refractivity contribution in [2.45, 2.75) is 79.6 Å². The van der Waals surface area contributed by atoms with Crippen molar-refractivity contribution in [2.24, 2.45) is 0 Å². The van der Waals surface area contributed by atoms with E-state index in [1.807, 2.05) is 0 Å². The summed E-state index contributed by atoms with van der Waals surface area (Å²) in [5.41, 5.74) is 4.95. The van der Waals surface area contributed by atoms with Gasteiger partial charge in [0, 0.05) is 0 Å². The van der Waals surface area contributed by atoms with Crippen LogP contribution >= 0.6 is 0 Å². The van der Waals surface area contributed by atoms with Crippen LogP contribution in [0.15, 0.2) is 22.8 Å². The molecule has 0 saturated carbocycles. The fourth-order valence-corrected chi connectivity index (χ4v) is 2.34. The Morgan fingerprint density at radius 3 is 1.81 bits per heavy atom. The summed E-state index contributed by atoms with van der Waals surface area (Å²) in [6.45, 7) is 11.4. The minimum absolute atomic E-state index is 1.20. The maximum atomic E-state index is 2.48. The predicted molar refractivity (Wildman–Crippen MR) is 75.8 cm³/mol. The fourth-order valence-electron chi connectivity index (χ4n) is 2.34. The molecular weight excluding hydrogens is 192 g/mol. The van der Waals surface area contributed by atoms with Crippen molar-refractivity contribution >= 4 is 0 Å². The van der Waals surface area contributed by atoms with E-state index in [-0.39, 0.29) is 0 Å². The monoisotopic (exact) mass is 222 g/mol. The van der Waals surface area contributed by atoms with E-state index in [1.54, 1.807) is 16.7 Å². The van der Waals surface area contributed by atoms with Gasteiger partial charge < -0.3 is 0 Å². The average Bonchev–Trinajstić information content (AvgIpc) is 2.31. The molecule has 0 saturated heterocycles. The van der Waals surface area contributed by atoms with E-state index in [0.29, 0.717) is 0 Å². The van der Waals surface area contributed by atoms with Crippen molar-refractivity contribution in [1.82, 2.24) is 0 Å². The minimum Gasteiger partial charge on any atom is -0.0811 e. The molecule has 0 bridgehead atoms. The zero-order valence-electron chi connectivity index (χ0n) is 12.0. The van der Waals surface area contributed by atoms with E-state index in [4.69, 9.17) is 0 Å². The Bertz CT molecular complexity index is 224. The Labute approximate surface area is 103 Å². The lowest BCUT2D eigenvalue weighted by Crippen LogP contribution is -1.95. The van der Waals surface area contributed by atoms with Crippen LogP contribution in [-0.4, -0.2) is 0 Å². The van der Waals surface area contributed by atoms with Crippen LogP contribution in [0, 0.1) is 0 Å². The Hall–Kier alpha value is -0.520. The third-order valence-electron chi connectivity index (χ3n) is 3.22. The highest BCUT2D eigenvalue weighted by molar-refractivity contribution is 5.35. The molecule has 0 aliphatic heterocycles. The summed E-state index contributed by atoms with van der Waals surface area (Å²) in [4.78, 5) is 0. The SMILES string of the molecule is CCC/C=C(\CCC)C(CC)=C(CC)CC. The van der Waals surface area contributed by atoms with Gasteiger partial charge in [-0.05, 0) is 43.3 Å². The first-order valence-corrected chi connectivity index (χ1v) is 7.15. The van der Waals surface area contributed by atoms with Crippen LogP contribution in [-0.2, 0) is 0 Å². The molecule has 0 heterocycles. The lowest BCUT2D eigenvalue weighted by molar-refractivity contribution is 0.840. The number of hydrogen-bond donors (Lipinski definition) is 0. The summed E-state index contributed by atoms with van der Waals surface area (Å²) in [5, 5.41) is 0. The van der Waals surface area contributed by atoms with Crippen LogP contribution in [0.5, 0.6) is 0 Å². The molecule has 0 atom stereocenters. The van der Waals surface area contributed by atoms with Gasteiger partial charge in [-0.3, -0.25) is 0 Å². The van der Waals surface area contributed by atoms with Crippen molar-refractivity contribution in [2.75, 3.05) is 0 Å². The van der Waals surface area contributed by atoms with Crippen molar-refractivity contribution in [1.29, 1.82) is 0 Å². The van der Waals surface area contributed by atoms with E-state index >= 15 is 0 Å². The quantitative estimate of drug-likeness (QED) is 0.439. The van der Waals surface area contributed by atoms with Gasteiger partial charge in [-0.25, -0.2) is 0 Å². The summed E-state index contributed by atoms with van der Waals surface area (Å²) in [6, 6.07) is 0. The van der Waals surface area contributed by atoms with Crippen molar-refractivity contribution in [3.63, 3.8) is 0 Å². The number of hydrogen-bond acceptors (Lipinski definition) is 0. The Morgan fingerprint density at radius 2 is 1.44 bits per heavy atom. The van der Waals surface area contributed by atoms with Gasteiger partial charge in [-0.1, -0.05) is 59.1 Å². The summed E-state index contributed by atoms with van der Waals surface area (Å²) in [7, 11) is 0. The standard InChI is InChI=1S/C16H30/c1-6-11-13-15(12-7-2)16(10-5)14(8-3)9-4/h13H,6-12H2,1-5H3/b15-13+. The van der Waals surface area contributed by atoms with E-state index in [0.717, 1.165) is 0 Å². The maximum Gasteiger partial charge on any atom is -0.0282 e. The maximum absolute atomic E-state index is 2.48. The third kappa shape index (κ3) is 5.01. The molecule has 0 amide bonds. The molecule has 94 valence electrons. The van der Waals surface area contributed by atoms with E-state index < -0.39 is 0 Å². The van der Waals surface area contributed by atoms with Gasteiger partial charge in [0.15, 0.2) is 0 Å². The van der Waals surface area contributed by atoms with Crippen LogP contribution in [0.3, 0.4) is 0 Å². The van der Waals surface area contributed by atoms with E-state index in [1.165, 1.54) is 44.9 Å². The van der Waals surface area contributed by atoms with Gasteiger partial charge in [-0.2, -0.15) is 0 Å². The largest absolute Gasteiger partial charge is 0.0811 e. The highest BCUT2D eigenvalue weighted by atomic mass is 14.1. The van der Waals surface area contributed by atoms with Gasteiger partial charge in [0.2, 0.25) is 0 Å². The average molecular weight is 222 g/mol. The molecular formula is C16H30. The van der Waals surface area contributed by atoms with Crippen LogP contribution in [0.4, 0.5) is 0 Å². The van der Waals surface area contributed by atoms with Gasteiger partial charge in [0.1, 0.15) is 0 Å². The molecule has 0 unspecified atom stereocenters. The summed E-state index contributed by atoms with van der Waals surface area (Å²) < 4.78 is 0. The Morgan fingerprint density at radius 1 is 0.812 bits per heavy atom. The molecule has 0 rings (SSSR count). The molecule has 0 spiro atoms. The zero-order chi connectivity index (χ0) is 12.4. The molecule has 0 N–H and O–H groups in total. The molecule has 0 nitrogen and oxygen atoms in total. The topological polar surface area (TPSA) is 0 Å². The summed E-state index contributed by atoms with van der Waals surface area (Å²) in [5.74, 6) is 0. The van der Waals surface area contributed by atoms with Crippen LogP contribution in [0.25, 0.3) is 0 Å². The van der Waals surface area contributed by atoms with Crippen LogP contribution in [0.1, 0.15) is 79.6 Å². The van der Waals surface area contributed by atoms with Crippen LogP contribution < -0.4 is 0 Å². The highest BCUT2D eigenvalue weighted by Crippen LogP contribution is 2.26. The molecule has 0 fully saturated rings. The Balaban J connectivity index is 5.03. The fraction of sp³-hybridized carbons (Fsp3) is 0.750. The molecule has 0 aromatic rings.